The van der Waals surface area contributed by atoms with Crippen LogP contribution in [0, 0.1) is 58.2 Å². The minimum Gasteiger partial charge on any atom is -0.744 e. The molecular weight excluding hydrogens is 606 g/mol. The Morgan fingerprint density at radius 1 is 0.561 bits per heavy atom. The summed E-state index contributed by atoms with van der Waals surface area (Å²) in [4.78, 5) is 0. The van der Waals surface area contributed by atoms with Crippen molar-refractivity contribution in [1.82, 2.24) is 0 Å². The predicted octanol–water partition coefficient (Wildman–Crippen LogP) is 10.1. The molecule has 0 aliphatic carbocycles. The number of rotatable bonds is 2. The van der Waals surface area contributed by atoms with Crippen LogP contribution in [0.3, 0.4) is 0 Å². The van der Waals surface area contributed by atoms with E-state index in [2.05, 4.69) is 0 Å². The molecule has 0 fully saturated rings. The van der Waals surface area contributed by atoms with Gasteiger partial charge >= 0.3 is 0 Å². The van der Waals surface area contributed by atoms with E-state index in [9.17, 15) is 43.9 Å². The van der Waals surface area contributed by atoms with E-state index in [1.54, 1.807) is 12.1 Å². The molecule has 4 aromatic rings. The normalized spacial score (nSPS) is 11.7. The van der Waals surface area contributed by atoms with E-state index in [0.29, 0.717) is 0 Å². The van der Waals surface area contributed by atoms with Crippen LogP contribution in [0.25, 0.3) is 22.3 Å². The van der Waals surface area contributed by atoms with Crippen LogP contribution >= 0.6 is 0 Å². The SMILES string of the molecule is CC(C)(C)[c-]1[cH-][cH-][c-](-c2c(F)c(F)c(F)c(F)c2F)[cH-]1.CC(C)(C)[c-]1ccc(-c2c(F)c(F)c(F)c(F)c2F)c1.[Fe]. The van der Waals surface area contributed by atoms with Crippen molar-refractivity contribution in [3.05, 3.63) is 106 Å². The molecule has 0 aliphatic heterocycles. The molecule has 4 rings (SSSR count). The molecule has 228 valence electrons. The number of hydrogen-bond donors (Lipinski definition) is 0. The van der Waals surface area contributed by atoms with Crippen LogP contribution in [-0.4, -0.2) is 0 Å². The monoisotopic (exact) mass is 630 g/mol. The molecule has 0 atom stereocenters. The van der Waals surface area contributed by atoms with Crippen LogP contribution in [0.5, 0.6) is 0 Å². The maximum absolute atomic E-state index is 13.7. The standard InChI is InChI=1S/2C15H12F5.Fe/c2*1-15(2,3)8-5-4-7(6-8)9-10(16)12(18)14(20)13(19)11(9)17;/h2*4-6H,1-3H3;/q-5;-1;. The Kier molecular flexibility index (Phi) is 10.0. The maximum atomic E-state index is 13.7. The van der Waals surface area contributed by atoms with Gasteiger partial charge in [-0.2, -0.15) is 28.8 Å². The third-order valence-corrected chi connectivity index (χ3v) is 6.24. The summed E-state index contributed by atoms with van der Waals surface area (Å²) in [5.74, 6) is -19.3. The van der Waals surface area contributed by atoms with Crippen molar-refractivity contribution in [3.63, 3.8) is 0 Å². The molecule has 0 aromatic heterocycles. The predicted molar refractivity (Wildman–Crippen MR) is 132 cm³/mol. The van der Waals surface area contributed by atoms with Crippen molar-refractivity contribution in [3.8, 4) is 22.3 Å². The Labute approximate surface area is 241 Å². The van der Waals surface area contributed by atoms with Crippen molar-refractivity contribution >= 4 is 0 Å². The van der Waals surface area contributed by atoms with Gasteiger partial charge in [0.2, 0.25) is 0 Å². The molecule has 0 unspecified atom stereocenters. The van der Waals surface area contributed by atoms with E-state index >= 15 is 0 Å². The zero-order valence-electron chi connectivity index (χ0n) is 22.6. The largest absolute Gasteiger partial charge is 0.744 e. The average Bonchev–Trinajstić information content (AvgIpc) is 3.55. The van der Waals surface area contributed by atoms with Gasteiger partial charge in [-0.1, -0.05) is 47.0 Å². The van der Waals surface area contributed by atoms with Crippen LogP contribution in [-0.2, 0) is 27.9 Å². The van der Waals surface area contributed by atoms with Crippen molar-refractivity contribution in [2.75, 3.05) is 0 Å². The minimum absolute atomic E-state index is 0. The summed E-state index contributed by atoms with van der Waals surface area (Å²) < 4.78 is 133. The minimum atomic E-state index is -2.15. The first kappa shape index (κ1) is 34.2. The molecule has 0 amide bonds. The fourth-order valence-electron chi connectivity index (χ4n) is 3.85. The Morgan fingerprint density at radius 3 is 1.34 bits per heavy atom. The van der Waals surface area contributed by atoms with Crippen LogP contribution in [0.1, 0.15) is 52.7 Å². The van der Waals surface area contributed by atoms with Crippen LogP contribution in [0.15, 0.2) is 36.4 Å². The van der Waals surface area contributed by atoms with E-state index in [4.69, 9.17) is 0 Å². The second-order valence-electron chi connectivity index (χ2n) is 11.2. The molecule has 0 saturated carbocycles. The number of hydrogen-bond acceptors (Lipinski definition) is 0. The van der Waals surface area contributed by atoms with Gasteiger partial charge in [-0.15, -0.1) is 0 Å². The maximum Gasteiger partial charge on any atom is 0.200 e. The molecule has 0 bridgehead atoms. The van der Waals surface area contributed by atoms with Gasteiger partial charge in [0.15, 0.2) is 46.5 Å². The third-order valence-electron chi connectivity index (χ3n) is 6.24. The summed E-state index contributed by atoms with van der Waals surface area (Å²) in [6, 6.07) is 8.76. The van der Waals surface area contributed by atoms with Crippen LogP contribution < -0.4 is 0 Å². The summed E-state index contributed by atoms with van der Waals surface area (Å²) in [6.45, 7) is 11.3. The molecular formula is C30H24F10Fe-6. The fourth-order valence-corrected chi connectivity index (χ4v) is 3.85. The molecule has 11 heteroatoms. The van der Waals surface area contributed by atoms with Crippen molar-refractivity contribution < 1.29 is 61.0 Å². The molecule has 0 heterocycles. The topological polar surface area (TPSA) is 0 Å². The van der Waals surface area contributed by atoms with Gasteiger partial charge in [0.25, 0.3) is 0 Å². The van der Waals surface area contributed by atoms with Crippen LogP contribution in [0.4, 0.5) is 43.9 Å². The molecule has 0 N–H and O–H groups in total. The summed E-state index contributed by atoms with van der Waals surface area (Å²) in [5.41, 5.74) is -0.919. The zero-order chi connectivity index (χ0) is 30.5. The van der Waals surface area contributed by atoms with Crippen LogP contribution in [0.2, 0.25) is 0 Å². The second kappa shape index (κ2) is 12.1. The van der Waals surface area contributed by atoms with Crippen molar-refractivity contribution in [2.45, 2.75) is 52.4 Å². The Bertz CT molecular complexity index is 1390. The molecule has 0 nitrogen and oxygen atoms in total. The van der Waals surface area contributed by atoms with Gasteiger partial charge in [-0.3, -0.25) is 0 Å². The van der Waals surface area contributed by atoms with Gasteiger partial charge in [0, 0.05) is 17.1 Å². The molecule has 4 aromatic carbocycles. The zero-order valence-corrected chi connectivity index (χ0v) is 23.7. The van der Waals surface area contributed by atoms with E-state index in [1.165, 1.54) is 24.3 Å². The van der Waals surface area contributed by atoms with Gasteiger partial charge in [0.1, 0.15) is 11.6 Å². The van der Waals surface area contributed by atoms with Gasteiger partial charge in [0.05, 0.1) is 0 Å². The van der Waals surface area contributed by atoms with E-state index in [-0.39, 0.29) is 39.0 Å². The molecule has 0 saturated heterocycles. The van der Waals surface area contributed by atoms with Gasteiger partial charge in [-0.05, 0) is 5.56 Å². The smallest absolute Gasteiger partial charge is 0.200 e. The third kappa shape index (κ3) is 6.56. The van der Waals surface area contributed by atoms with Crippen molar-refractivity contribution in [2.24, 2.45) is 0 Å². The summed E-state index contributed by atoms with van der Waals surface area (Å²) >= 11 is 0. The summed E-state index contributed by atoms with van der Waals surface area (Å²) in [6.07, 6.45) is 0. The fraction of sp³-hybridized carbons (Fsp3) is 0.267. The first-order valence-corrected chi connectivity index (χ1v) is 11.9. The quantitative estimate of drug-likeness (QED) is 0.0680. The molecule has 0 spiro atoms. The summed E-state index contributed by atoms with van der Waals surface area (Å²) in [7, 11) is 0. The number of benzene rings is 2. The Balaban J connectivity index is 0.000000280. The molecule has 0 aliphatic rings. The molecule has 41 heavy (non-hydrogen) atoms. The average molecular weight is 630 g/mol. The van der Waals surface area contributed by atoms with E-state index in [0.717, 1.165) is 11.1 Å². The Morgan fingerprint density at radius 2 is 0.976 bits per heavy atom. The second-order valence-corrected chi connectivity index (χ2v) is 11.2. The van der Waals surface area contributed by atoms with E-state index < -0.39 is 69.3 Å². The first-order valence-electron chi connectivity index (χ1n) is 11.9. The summed E-state index contributed by atoms with van der Waals surface area (Å²) in [5, 5.41) is 0. The van der Waals surface area contributed by atoms with Gasteiger partial charge < -0.3 is 29.3 Å². The van der Waals surface area contributed by atoms with E-state index in [1.807, 2.05) is 41.5 Å². The van der Waals surface area contributed by atoms with Crippen molar-refractivity contribution in [1.29, 1.82) is 0 Å². The van der Waals surface area contributed by atoms with Gasteiger partial charge in [-0.25, -0.2) is 55.4 Å². The number of halogens is 10. The Hall–Kier alpha value is -3.04. The molecule has 0 radical (unpaired) electrons. The first-order chi connectivity index (χ1) is 18.3.